The van der Waals surface area contributed by atoms with Gasteiger partial charge in [-0.3, -0.25) is 10.1 Å². The molecule has 0 unspecified atom stereocenters. The molecule has 0 N–H and O–H groups in total. The summed E-state index contributed by atoms with van der Waals surface area (Å²) in [6.45, 7) is 1.77. The quantitative estimate of drug-likeness (QED) is 0.457. The van der Waals surface area contributed by atoms with Crippen LogP contribution in [0.5, 0.6) is 17.2 Å². The molecular formula is C18H13F3N2O4. The maximum atomic E-state index is 12.7. The SMILES string of the molecule is COc1cc2c(C)ccnc2c([N+](=O)[O-])c1Oc1ccc(C(F)(F)F)cc1. The van der Waals surface area contributed by atoms with Crippen LogP contribution in [0, 0.1) is 17.0 Å². The monoisotopic (exact) mass is 378 g/mol. The van der Waals surface area contributed by atoms with Crippen LogP contribution in [0.25, 0.3) is 10.9 Å². The van der Waals surface area contributed by atoms with Gasteiger partial charge in [0.2, 0.25) is 5.75 Å². The predicted octanol–water partition coefficient (Wildman–Crippen LogP) is 5.27. The molecule has 0 amide bonds. The third-order valence-electron chi connectivity index (χ3n) is 3.95. The van der Waals surface area contributed by atoms with E-state index < -0.39 is 22.4 Å². The van der Waals surface area contributed by atoms with Gasteiger partial charge < -0.3 is 9.47 Å². The summed E-state index contributed by atoms with van der Waals surface area (Å²) in [6.07, 6.45) is -3.06. The van der Waals surface area contributed by atoms with Gasteiger partial charge >= 0.3 is 11.9 Å². The number of ether oxygens (including phenoxy) is 2. The van der Waals surface area contributed by atoms with E-state index in [0.29, 0.717) is 5.39 Å². The molecule has 140 valence electrons. The number of aryl methyl sites for hydroxylation is 1. The Kier molecular flexibility index (Phi) is 4.61. The van der Waals surface area contributed by atoms with Gasteiger partial charge in [-0.1, -0.05) is 0 Å². The molecule has 27 heavy (non-hydrogen) atoms. The van der Waals surface area contributed by atoms with E-state index in [4.69, 9.17) is 9.47 Å². The summed E-state index contributed by atoms with van der Waals surface area (Å²) in [7, 11) is 1.32. The molecule has 0 radical (unpaired) electrons. The van der Waals surface area contributed by atoms with Crippen LogP contribution in [0.15, 0.2) is 42.6 Å². The van der Waals surface area contributed by atoms with E-state index in [2.05, 4.69) is 4.98 Å². The van der Waals surface area contributed by atoms with E-state index in [1.165, 1.54) is 13.3 Å². The van der Waals surface area contributed by atoms with Gasteiger partial charge in [-0.15, -0.1) is 0 Å². The van der Waals surface area contributed by atoms with Crippen LogP contribution >= 0.6 is 0 Å². The second-order valence-electron chi connectivity index (χ2n) is 5.66. The van der Waals surface area contributed by atoms with Crippen LogP contribution in [-0.2, 0) is 6.18 Å². The van der Waals surface area contributed by atoms with E-state index in [-0.39, 0.29) is 22.8 Å². The lowest BCUT2D eigenvalue weighted by Crippen LogP contribution is -2.04. The largest absolute Gasteiger partial charge is 0.493 e. The third-order valence-corrected chi connectivity index (χ3v) is 3.95. The van der Waals surface area contributed by atoms with Crippen LogP contribution in [0.1, 0.15) is 11.1 Å². The molecule has 0 aliphatic heterocycles. The number of fused-ring (bicyclic) bond motifs is 1. The first-order chi connectivity index (χ1) is 12.7. The van der Waals surface area contributed by atoms with Crippen molar-refractivity contribution in [2.75, 3.05) is 7.11 Å². The smallest absolute Gasteiger partial charge is 0.416 e. The van der Waals surface area contributed by atoms with Crippen LogP contribution in [-0.4, -0.2) is 17.0 Å². The zero-order valence-corrected chi connectivity index (χ0v) is 14.2. The molecule has 9 heteroatoms. The fourth-order valence-corrected chi connectivity index (χ4v) is 2.61. The molecule has 0 saturated carbocycles. The Morgan fingerprint density at radius 2 is 1.81 bits per heavy atom. The van der Waals surface area contributed by atoms with Crippen molar-refractivity contribution in [2.24, 2.45) is 0 Å². The maximum Gasteiger partial charge on any atom is 0.416 e. The molecular weight excluding hydrogens is 365 g/mol. The Morgan fingerprint density at radius 1 is 1.15 bits per heavy atom. The third kappa shape index (κ3) is 3.48. The lowest BCUT2D eigenvalue weighted by Gasteiger charge is -2.14. The lowest BCUT2D eigenvalue weighted by molar-refractivity contribution is -0.384. The van der Waals surface area contributed by atoms with E-state index in [1.54, 1.807) is 19.1 Å². The van der Waals surface area contributed by atoms with Gasteiger partial charge in [0.05, 0.1) is 17.6 Å². The average molecular weight is 378 g/mol. The van der Waals surface area contributed by atoms with Gasteiger partial charge in [-0.25, -0.2) is 4.98 Å². The number of hydrogen-bond donors (Lipinski definition) is 0. The highest BCUT2D eigenvalue weighted by atomic mass is 19.4. The Balaban J connectivity index is 2.15. The number of rotatable bonds is 4. The highest BCUT2D eigenvalue weighted by Gasteiger charge is 2.31. The summed E-state index contributed by atoms with van der Waals surface area (Å²) in [5.74, 6) is -0.158. The minimum Gasteiger partial charge on any atom is -0.493 e. The molecule has 6 nitrogen and oxygen atoms in total. The molecule has 0 aliphatic rings. The first kappa shape index (κ1) is 18.4. The van der Waals surface area contributed by atoms with Crippen molar-refractivity contribution >= 4 is 16.6 Å². The van der Waals surface area contributed by atoms with Crippen molar-refractivity contribution in [2.45, 2.75) is 13.1 Å². The van der Waals surface area contributed by atoms with Crippen LogP contribution < -0.4 is 9.47 Å². The summed E-state index contributed by atoms with van der Waals surface area (Å²) in [4.78, 5) is 15.1. The standard InChI is InChI=1S/C18H13F3N2O4/c1-10-7-8-22-15-13(10)9-14(26-2)17(16(15)23(24)25)27-12-5-3-11(4-6-12)18(19,20)21/h3-9H,1-2H3. The van der Waals surface area contributed by atoms with Gasteiger partial charge in [-0.05, 0) is 48.9 Å². The number of methoxy groups -OCH3 is 1. The Labute approximate surface area is 151 Å². The van der Waals surface area contributed by atoms with Crippen LogP contribution in [0.4, 0.5) is 18.9 Å². The van der Waals surface area contributed by atoms with Crippen LogP contribution in [0.2, 0.25) is 0 Å². The van der Waals surface area contributed by atoms with Crippen molar-refractivity contribution in [1.82, 2.24) is 4.98 Å². The van der Waals surface area contributed by atoms with Gasteiger partial charge in [-0.2, -0.15) is 13.2 Å². The minimum absolute atomic E-state index is 0.00333. The molecule has 0 fully saturated rings. The van der Waals surface area contributed by atoms with Gasteiger partial charge in [0.15, 0.2) is 11.3 Å². The molecule has 0 bridgehead atoms. The number of alkyl halides is 3. The van der Waals surface area contributed by atoms with Gasteiger partial charge in [0, 0.05) is 11.6 Å². The number of aromatic nitrogens is 1. The molecule has 3 rings (SSSR count). The molecule has 1 heterocycles. The van der Waals surface area contributed by atoms with E-state index >= 15 is 0 Å². The maximum absolute atomic E-state index is 12.7. The number of nitro benzene ring substituents is 1. The topological polar surface area (TPSA) is 74.5 Å². The summed E-state index contributed by atoms with van der Waals surface area (Å²) in [6, 6.07) is 7.07. The number of halogens is 3. The molecule has 0 saturated heterocycles. The number of benzene rings is 2. The molecule has 3 aromatic rings. The Morgan fingerprint density at radius 3 is 2.37 bits per heavy atom. The minimum atomic E-state index is -4.49. The lowest BCUT2D eigenvalue weighted by atomic mass is 10.1. The Hall–Kier alpha value is -3.36. The first-order valence-corrected chi connectivity index (χ1v) is 7.68. The highest BCUT2D eigenvalue weighted by Crippen LogP contribution is 2.45. The predicted molar refractivity (Wildman–Crippen MR) is 91.2 cm³/mol. The molecule has 0 atom stereocenters. The summed E-state index contributed by atoms with van der Waals surface area (Å²) >= 11 is 0. The van der Waals surface area contributed by atoms with Crippen molar-refractivity contribution in [3.05, 3.63) is 63.8 Å². The van der Waals surface area contributed by atoms with Gasteiger partial charge in [0.25, 0.3) is 0 Å². The fourth-order valence-electron chi connectivity index (χ4n) is 2.61. The van der Waals surface area contributed by atoms with E-state index in [9.17, 15) is 23.3 Å². The summed E-state index contributed by atoms with van der Waals surface area (Å²) < 4.78 is 48.8. The average Bonchev–Trinajstić information content (AvgIpc) is 2.61. The van der Waals surface area contributed by atoms with Crippen molar-refractivity contribution in [3.8, 4) is 17.2 Å². The van der Waals surface area contributed by atoms with E-state index in [0.717, 1.165) is 29.8 Å². The normalized spacial score (nSPS) is 11.4. The van der Waals surface area contributed by atoms with Gasteiger partial charge in [0.1, 0.15) is 5.75 Å². The number of hydrogen-bond acceptors (Lipinski definition) is 5. The number of nitro groups is 1. The van der Waals surface area contributed by atoms with Crippen LogP contribution in [0.3, 0.4) is 0 Å². The fraction of sp³-hybridized carbons (Fsp3) is 0.167. The van der Waals surface area contributed by atoms with Crippen molar-refractivity contribution in [1.29, 1.82) is 0 Å². The Bertz CT molecular complexity index is 1020. The molecule has 0 spiro atoms. The highest BCUT2D eigenvalue weighted by molar-refractivity contribution is 5.94. The molecule has 1 aromatic heterocycles. The van der Waals surface area contributed by atoms with E-state index in [1.807, 2.05) is 0 Å². The summed E-state index contributed by atoms with van der Waals surface area (Å²) in [5.41, 5.74) is -0.426. The zero-order valence-electron chi connectivity index (χ0n) is 14.2. The number of pyridine rings is 1. The second kappa shape index (κ2) is 6.75. The summed E-state index contributed by atoms with van der Waals surface area (Å²) in [5, 5.41) is 12.2. The molecule has 0 aliphatic carbocycles. The second-order valence-corrected chi connectivity index (χ2v) is 5.66. The number of nitrogens with zero attached hydrogens (tertiary/aromatic N) is 2. The zero-order chi connectivity index (χ0) is 19.8. The van der Waals surface area contributed by atoms with Crippen molar-refractivity contribution < 1.29 is 27.6 Å². The first-order valence-electron chi connectivity index (χ1n) is 7.68. The molecule has 2 aromatic carbocycles. The van der Waals surface area contributed by atoms with Crippen molar-refractivity contribution in [3.63, 3.8) is 0 Å².